The molecule has 3 aromatic rings. The second kappa shape index (κ2) is 6.23. The molecule has 0 atom stereocenters. The predicted octanol–water partition coefficient (Wildman–Crippen LogP) is 4.67. The number of aryl methyl sites for hydroxylation is 3. The summed E-state index contributed by atoms with van der Waals surface area (Å²) < 4.78 is 3.43. The van der Waals surface area contributed by atoms with Gasteiger partial charge in [0.25, 0.3) is 0 Å². The van der Waals surface area contributed by atoms with Crippen LogP contribution in [-0.4, -0.2) is 24.5 Å². The van der Waals surface area contributed by atoms with Crippen molar-refractivity contribution < 1.29 is 0 Å². The zero-order valence-corrected chi connectivity index (χ0v) is 15.6. The van der Waals surface area contributed by atoms with E-state index in [1.807, 2.05) is 0 Å². The SMILES string of the molecule is Cc1cccc(Nc2[nH]c(=S)nc3[se]c4c(c23)CCCCC4)c1. The number of anilines is 2. The summed E-state index contributed by atoms with van der Waals surface area (Å²) >= 11 is 5.71. The Morgan fingerprint density at radius 3 is 2.96 bits per heavy atom. The number of aromatic amines is 1. The van der Waals surface area contributed by atoms with Crippen LogP contribution in [0.4, 0.5) is 11.5 Å². The number of H-pyrrole nitrogens is 1. The van der Waals surface area contributed by atoms with Crippen molar-refractivity contribution in [3.05, 3.63) is 44.6 Å². The van der Waals surface area contributed by atoms with Crippen molar-refractivity contribution in [2.45, 2.75) is 39.0 Å². The van der Waals surface area contributed by atoms with Gasteiger partial charge in [0.05, 0.1) is 0 Å². The first-order chi connectivity index (χ1) is 11.2. The summed E-state index contributed by atoms with van der Waals surface area (Å²) in [6.07, 6.45) is 6.37. The van der Waals surface area contributed by atoms with Crippen molar-refractivity contribution in [3.63, 3.8) is 0 Å². The van der Waals surface area contributed by atoms with Crippen LogP contribution in [0.1, 0.15) is 34.8 Å². The van der Waals surface area contributed by atoms with Crippen molar-refractivity contribution >= 4 is 48.0 Å². The third-order valence-electron chi connectivity index (χ3n) is 4.38. The molecule has 4 rings (SSSR count). The fourth-order valence-electron chi connectivity index (χ4n) is 3.32. The molecule has 1 aromatic carbocycles. The summed E-state index contributed by atoms with van der Waals surface area (Å²) in [4.78, 5) is 7.93. The summed E-state index contributed by atoms with van der Waals surface area (Å²) in [5.74, 6) is 1.03. The van der Waals surface area contributed by atoms with Gasteiger partial charge < -0.3 is 0 Å². The normalized spacial score (nSPS) is 14.5. The molecule has 0 radical (unpaired) electrons. The van der Waals surface area contributed by atoms with Gasteiger partial charge in [-0.3, -0.25) is 0 Å². The number of hydrogen-bond acceptors (Lipinski definition) is 3. The number of fused-ring (bicyclic) bond motifs is 3. The average Bonchev–Trinajstić information content (AvgIpc) is 2.69. The molecule has 0 aliphatic heterocycles. The first-order valence-corrected chi connectivity index (χ1v) is 10.2. The molecule has 0 saturated heterocycles. The standard InChI is InChI=1S/C18H19N3SSe/c1-11-6-5-7-12(10-11)19-16-15-13-8-3-2-4-9-14(13)23-17(15)21-18(22)20-16/h5-7,10H,2-4,8-9H2,1H3,(H2,19,20,21,22). The summed E-state index contributed by atoms with van der Waals surface area (Å²) in [6, 6.07) is 8.44. The van der Waals surface area contributed by atoms with Crippen molar-refractivity contribution in [1.82, 2.24) is 9.97 Å². The fraction of sp³-hybridized carbons (Fsp3) is 0.333. The van der Waals surface area contributed by atoms with Crippen molar-refractivity contribution in [1.29, 1.82) is 0 Å². The second-order valence-corrected chi connectivity index (χ2v) is 8.82. The van der Waals surface area contributed by atoms with Gasteiger partial charge in [-0.2, -0.15) is 0 Å². The van der Waals surface area contributed by atoms with E-state index in [9.17, 15) is 0 Å². The van der Waals surface area contributed by atoms with Crippen molar-refractivity contribution in [3.8, 4) is 0 Å². The Balaban J connectivity index is 1.87. The first kappa shape index (κ1) is 15.1. The Kier molecular flexibility index (Phi) is 4.10. The van der Waals surface area contributed by atoms with Gasteiger partial charge in [0.1, 0.15) is 0 Å². The quantitative estimate of drug-likeness (QED) is 0.381. The number of nitrogens with zero attached hydrogens (tertiary/aromatic N) is 1. The monoisotopic (exact) mass is 389 g/mol. The molecule has 0 saturated carbocycles. The zero-order chi connectivity index (χ0) is 15.8. The molecule has 1 aliphatic rings. The molecule has 23 heavy (non-hydrogen) atoms. The van der Waals surface area contributed by atoms with E-state index >= 15 is 0 Å². The van der Waals surface area contributed by atoms with E-state index in [1.54, 1.807) is 4.44 Å². The van der Waals surface area contributed by atoms with Crippen molar-refractivity contribution in [2.75, 3.05) is 5.32 Å². The van der Waals surface area contributed by atoms with E-state index in [2.05, 4.69) is 46.5 Å². The Bertz CT molecular complexity index is 926. The Hall–Kier alpha value is -1.42. The third-order valence-corrected chi connectivity index (χ3v) is 7.06. The minimum atomic E-state index is 0.348. The molecule has 0 bridgehead atoms. The molecule has 0 spiro atoms. The van der Waals surface area contributed by atoms with E-state index in [0.717, 1.165) is 11.5 Å². The predicted molar refractivity (Wildman–Crippen MR) is 99.6 cm³/mol. The Morgan fingerprint density at radius 1 is 1.22 bits per heavy atom. The maximum atomic E-state index is 5.36. The van der Waals surface area contributed by atoms with Gasteiger partial charge in [0.15, 0.2) is 0 Å². The molecular formula is C18H19N3SSe. The van der Waals surface area contributed by atoms with Crippen LogP contribution in [0.2, 0.25) is 0 Å². The molecule has 118 valence electrons. The summed E-state index contributed by atoms with van der Waals surface area (Å²) in [6.45, 7) is 2.11. The fourth-order valence-corrected chi connectivity index (χ4v) is 6.31. The van der Waals surface area contributed by atoms with E-state index in [1.165, 1.54) is 53.0 Å². The van der Waals surface area contributed by atoms with Crippen LogP contribution < -0.4 is 5.32 Å². The van der Waals surface area contributed by atoms with Crippen LogP contribution in [0, 0.1) is 11.7 Å². The average molecular weight is 388 g/mol. The molecule has 0 unspecified atom stereocenters. The molecule has 0 amide bonds. The topological polar surface area (TPSA) is 40.7 Å². The van der Waals surface area contributed by atoms with Gasteiger partial charge in [-0.25, -0.2) is 0 Å². The molecule has 2 aromatic heterocycles. The van der Waals surface area contributed by atoms with Crippen LogP contribution in [-0.2, 0) is 12.8 Å². The van der Waals surface area contributed by atoms with Crippen LogP contribution in [0.15, 0.2) is 24.3 Å². The second-order valence-electron chi connectivity index (χ2n) is 6.16. The van der Waals surface area contributed by atoms with E-state index in [0.29, 0.717) is 19.3 Å². The van der Waals surface area contributed by atoms with E-state index in [-0.39, 0.29) is 0 Å². The number of aromatic nitrogens is 2. The molecule has 1 aliphatic carbocycles. The molecule has 2 N–H and O–H groups in total. The molecule has 3 nitrogen and oxygen atoms in total. The van der Waals surface area contributed by atoms with Gasteiger partial charge in [-0.15, -0.1) is 0 Å². The van der Waals surface area contributed by atoms with Crippen LogP contribution in [0.3, 0.4) is 0 Å². The van der Waals surface area contributed by atoms with E-state index < -0.39 is 0 Å². The number of benzene rings is 1. The number of hydrogen-bond donors (Lipinski definition) is 2. The van der Waals surface area contributed by atoms with E-state index in [4.69, 9.17) is 12.2 Å². The summed E-state index contributed by atoms with van der Waals surface area (Å²) in [5, 5.41) is 4.86. The first-order valence-electron chi connectivity index (χ1n) is 8.09. The van der Waals surface area contributed by atoms with Crippen LogP contribution in [0.25, 0.3) is 9.78 Å². The Morgan fingerprint density at radius 2 is 2.09 bits per heavy atom. The number of rotatable bonds is 2. The maximum absolute atomic E-state index is 5.36. The van der Waals surface area contributed by atoms with Crippen molar-refractivity contribution in [2.24, 2.45) is 0 Å². The van der Waals surface area contributed by atoms with Crippen LogP contribution >= 0.6 is 12.2 Å². The number of nitrogens with one attached hydrogen (secondary N) is 2. The molecule has 5 heteroatoms. The van der Waals surface area contributed by atoms with Gasteiger partial charge in [-0.1, -0.05) is 0 Å². The zero-order valence-electron chi connectivity index (χ0n) is 13.1. The summed E-state index contributed by atoms with van der Waals surface area (Å²) in [7, 11) is 0. The minimum absolute atomic E-state index is 0.348. The van der Waals surface area contributed by atoms with Crippen LogP contribution in [0.5, 0.6) is 0 Å². The van der Waals surface area contributed by atoms with Gasteiger partial charge in [-0.05, 0) is 0 Å². The molecular weight excluding hydrogens is 369 g/mol. The Labute approximate surface area is 146 Å². The van der Waals surface area contributed by atoms with Gasteiger partial charge >= 0.3 is 147 Å². The molecule has 2 heterocycles. The third kappa shape index (κ3) is 3.01. The molecule has 0 fully saturated rings. The van der Waals surface area contributed by atoms with Gasteiger partial charge in [0, 0.05) is 0 Å². The van der Waals surface area contributed by atoms with Gasteiger partial charge in [0.2, 0.25) is 0 Å². The summed E-state index contributed by atoms with van der Waals surface area (Å²) in [5.41, 5.74) is 3.88.